The van der Waals surface area contributed by atoms with Crippen molar-refractivity contribution in [1.29, 1.82) is 10.5 Å². The number of nitriles is 2. The van der Waals surface area contributed by atoms with Gasteiger partial charge in [-0.1, -0.05) is 41.6 Å². The largest absolute Gasteiger partial charge is 0.497 e. The Kier molecular flexibility index (Phi) is 6.58. The Morgan fingerprint density at radius 2 is 1.80 bits per heavy atom. The number of hydrogen-bond acceptors (Lipinski definition) is 7. The van der Waals surface area contributed by atoms with Crippen LogP contribution in [-0.2, 0) is 0 Å². The Labute approximate surface area is 182 Å². The SMILES string of the molecule is COc1ccc(C(=O)CSc2nc(N)c(C#N)c(-c3ccccc3Cl)c2C#N)cc1. The monoisotopic (exact) mass is 434 g/mol. The molecule has 0 radical (unpaired) electrons. The van der Waals surface area contributed by atoms with Gasteiger partial charge in [0.1, 0.15) is 34.3 Å². The molecule has 30 heavy (non-hydrogen) atoms. The summed E-state index contributed by atoms with van der Waals surface area (Å²) in [5, 5.41) is 20.0. The number of Topliss-reactive ketones (excluding diaryl/α,β-unsaturated/α-hetero) is 1. The third-order valence-electron chi connectivity index (χ3n) is 4.31. The topological polar surface area (TPSA) is 113 Å². The first kappa shape index (κ1) is 21.2. The predicted molar refractivity (Wildman–Crippen MR) is 117 cm³/mol. The number of anilines is 1. The van der Waals surface area contributed by atoms with E-state index in [1.54, 1.807) is 55.6 Å². The highest BCUT2D eigenvalue weighted by Crippen LogP contribution is 2.38. The summed E-state index contributed by atoms with van der Waals surface area (Å²) in [5.41, 5.74) is 7.55. The first-order valence-corrected chi connectivity index (χ1v) is 10.0. The van der Waals surface area contributed by atoms with Crippen molar-refractivity contribution in [1.82, 2.24) is 4.98 Å². The van der Waals surface area contributed by atoms with Gasteiger partial charge in [-0.3, -0.25) is 4.79 Å². The highest BCUT2D eigenvalue weighted by molar-refractivity contribution is 8.00. The zero-order valence-corrected chi connectivity index (χ0v) is 17.4. The number of ether oxygens (including phenoxy) is 1. The lowest BCUT2D eigenvalue weighted by Crippen LogP contribution is -2.06. The maximum atomic E-state index is 12.6. The van der Waals surface area contributed by atoms with E-state index < -0.39 is 0 Å². The molecule has 0 saturated carbocycles. The molecule has 0 aliphatic rings. The fourth-order valence-electron chi connectivity index (χ4n) is 2.83. The lowest BCUT2D eigenvalue weighted by atomic mass is 9.97. The van der Waals surface area contributed by atoms with Gasteiger partial charge in [-0.25, -0.2) is 4.98 Å². The molecule has 1 aromatic heterocycles. The smallest absolute Gasteiger partial charge is 0.173 e. The van der Waals surface area contributed by atoms with E-state index in [2.05, 4.69) is 11.1 Å². The van der Waals surface area contributed by atoms with E-state index in [-0.39, 0.29) is 33.5 Å². The lowest BCUT2D eigenvalue weighted by Gasteiger charge is -2.13. The standard InChI is InChI=1S/C22H15ClN4O2S/c1-29-14-8-6-13(7-9-14)19(28)12-30-22-17(11-25)20(16(10-24)21(26)27-22)15-4-2-3-5-18(15)23/h2-9H,12H2,1H3,(H2,26,27). The van der Waals surface area contributed by atoms with E-state index in [4.69, 9.17) is 22.1 Å². The number of rotatable bonds is 6. The Bertz CT molecular complexity index is 1200. The molecule has 0 bridgehead atoms. The van der Waals surface area contributed by atoms with Crippen LogP contribution in [0.5, 0.6) is 5.75 Å². The number of nitrogens with zero attached hydrogens (tertiary/aromatic N) is 3. The lowest BCUT2D eigenvalue weighted by molar-refractivity contribution is 0.102. The number of methoxy groups -OCH3 is 1. The molecule has 0 aliphatic carbocycles. The molecule has 0 aliphatic heterocycles. The van der Waals surface area contributed by atoms with Crippen LogP contribution >= 0.6 is 23.4 Å². The summed E-state index contributed by atoms with van der Waals surface area (Å²) in [6, 6.07) is 17.7. The molecule has 8 heteroatoms. The second-order valence-corrected chi connectivity index (χ2v) is 7.44. The van der Waals surface area contributed by atoms with Gasteiger partial charge in [0, 0.05) is 21.7 Å². The highest BCUT2D eigenvalue weighted by atomic mass is 35.5. The molecule has 3 rings (SSSR count). The predicted octanol–water partition coefficient (Wildman–Crippen LogP) is 4.71. The fraction of sp³-hybridized carbons (Fsp3) is 0.0909. The Balaban J connectivity index is 1.99. The number of ketones is 1. The number of thioether (sulfide) groups is 1. The van der Waals surface area contributed by atoms with Crippen molar-refractivity contribution in [2.75, 3.05) is 18.6 Å². The van der Waals surface area contributed by atoms with Gasteiger partial charge in [0.15, 0.2) is 5.78 Å². The molecular weight excluding hydrogens is 420 g/mol. The average Bonchev–Trinajstić information content (AvgIpc) is 2.77. The minimum absolute atomic E-state index is 0.0224. The minimum Gasteiger partial charge on any atom is -0.497 e. The number of hydrogen-bond donors (Lipinski definition) is 1. The summed E-state index contributed by atoms with van der Waals surface area (Å²) in [6.45, 7) is 0. The first-order chi connectivity index (χ1) is 14.5. The molecule has 0 unspecified atom stereocenters. The molecule has 0 amide bonds. The van der Waals surface area contributed by atoms with Crippen LogP contribution in [0.2, 0.25) is 5.02 Å². The molecule has 0 saturated heterocycles. The molecule has 6 nitrogen and oxygen atoms in total. The molecule has 0 spiro atoms. The number of carbonyl (C=O) groups is 1. The molecule has 148 valence electrons. The van der Waals surface area contributed by atoms with Crippen molar-refractivity contribution >= 4 is 35.0 Å². The van der Waals surface area contributed by atoms with Crippen LogP contribution in [0.15, 0.2) is 53.6 Å². The van der Waals surface area contributed by atoms with Crippen LogP contribution < -0.4 is 10.5 Å². The van der Waals surface area contributed by atoms with Crippen molar-refractivity contribution in [2.24, 2.45) is 0 Å². The van der Waals surface area contributed by atoms with E-state index in [1.807, 2.05) is 6.07 Å². The maximum absolute atomic E-state index is 12.6. The summed E-state index contributed by atoms with van der Waals surface area (Å²) in [5.74, 6) is 0.527. The molecule has 2 N–H and O–H groups in total. The third kappa shape index (κ3) is 4.23. The van der Waals surface area contributed by atoms with Gasteiger partial charge in [-0.05, 0) is 30.3 Å². The molecule has 2 aromatic carbocycles. The summed E-state index contributed by atoms with van der Waals surface area (Å²) in [7, 11) is 1.55. The van der Waals surface area contributed by atoms with Gasteiger partial charge in [0.25, 0.3) is 0 Å². The van der Waals surface area contributed by atoms with E-state index >= 15 is 0 Å². The number of nitrogen functional groups attached to an aromatic ring is 1. The van der Waals surface area contributed by atoms with E-state index in [0.717, 1.165) is 11.8 Å². The number of pyridine rings is 1. The van der Waals surface area contributed by atoms with Crippen molar-refractivity contribution in [2.45, 2.75) is 5.03 Å². The van der Waals surface area contributed by atoms with Crippen molar-refractivity contribution < 1.29 is 9.53 Å². The van der Waals surface area contributed by atoms with Gasteiger partial charge in [0.2, 0.25) is 0 Å². The second-order valence-electron chi connectivity index (χ2n) is 6.07. The number of benzene rings is 2. The van der Waals surface area contributed by atoms with E-state index in [9.17, 15) is 15.3 Å². The van der Waals surface area contributed by atoms with Gasteiger partial charge < -0.3 is 10.5 Å². The highest BCUT2D eigenvalue weighted by Gasteiger charge is 2.22. The number of halogens is 1. The van der Waals surface area contributed by atoms with Gasteiger partial charge in [-0.2, -0.15) is 10.5 Å². The van der Waals surface area contributed by atoms with Crippen molar-refractivity contribution in [3.8, 4) is 29.0 Å². The van der Waals surface area contributed by atoms with Gasteiger partial charge in [0.05, 0.1) is 18.4 Å². The van der Waals surface area contributed by atoms with Gasteiger partial charge in [-0.15, -0.1) is 0 Å². The number of carbonyl (C=O) groups excluding carboxylic acids is 1. The molecule has 0 atom stereocenters. The van der Waals surface area contributed by atoms with Gasteiger partial charge >= 0.3 is 0 Å². The first-order valence-electron chi connectivity index (χ1n) is 8.68. The van der Waals surface area contributed by atoms with Crippen LogP contribution in [-0.4, -0.2) is 23.6 Å². The maximum Gasteiger partial charge on any atom is 0.173 e. The van der Waals surface area contributed by atoms with Crippen LogP contribution in [0.3, 0.4) is 0 Å². The normalized spacial score (nSPS) is 10.1. The Morgan fingerprint density at radius 1 is 1.13 bits per heavy atom. The fourth-order valence-corrected chi connectivity index (χ4v) is 3.95. The van der Waals surface area contributed by atoms with Crippen molar-refractivity contribution in [3.63, 3.8) is 0 Å². The third-order valence-corrected chi connectivity index (χ3v) is 5.62. The molecule has 3 aromatic rings. The quantitative estimate of drug-likeness (QED) is 0.441. The van der Waals surface area contributed by atoms with Crippen LogP contribution in [0.25, 0.3) is 11.1 Å². The zero-order chi connectivity index (χ0) is 21.7. The van der Waals surface area contributed by atoms with Crippen LogP contribution in [0.4, 0.5) is 5.82 Å². The van der Waals surface area contributed by atoms with Crippen molar-refractivity contribution in [3.05, 3.63) is 70.2 Å². The molecular formula is C22H15ClN4O2S. The zero-order valence-electron chi connectivity index (χ0n) is 15.8. The summed E-state index contributed by atoms with van der Waals surface area (Å²) >= 11 is 7.39. The van der Waals surface area contributed by atoms with E-state index in [1.165, 1.54) is 0 Å². The van der Waals surface area contributed by atoms with Crippen LogP contribution in [0.1, 0.15) is 21.5 Å². The number of nitrogens with two attached hydrogens (primary N) is 1. The average molecular weight is 435 g/mol. The molecule has 0 fully saturated rings. The second kappa shape index (κ2) is 9.32. The Hall–Kier alpha value is -3.52. The number of aromatic nitrogens is 1. The van der Waals surface area contributed by atoms with E-state index in [0.29, 0.717) is 27.5 Å². The molecule has 1 heterocycles. The van der Waals surface area contributed by atoms with Crippen LogP contribution in [0, 0.1) is 22.7 Å². The summed E-state index contributed by atoms with van der Waals surface area (Å²) < 4.78 is 5.09. The minimum atomic E-state index is -0.143. The Morgan fingerprint density at radius 3 is 2.40 bits per heavy atom. The summed E-state index contributed by atoms with van der Waals surface area (Å²) in [6.07, 6.45) is 0. The summed E-state index contributed by atoms with van der Waals surface area (Å²) in [4.78, 5) is 16.8.